The van der Waals surface area contributed by atoms with Crippen LogP contribution in [0.1, 0.15) is 29.6 Å². The van der Waals surface area contributed by atoms with Crippen molar-refractivity contribution >= 4 is 16.8 Å². The summed E-state index contributed by atoms with van der Waals surface area (Å²) in [5.41, 5.74) is 3.35. The Morgan fingerprint density at radius 2 is 1.72 bits per heavy atom. The van der Waals surface area contributed by atoms with Gasteiger partial charge in [-0.3, -0.25) is 4.79 Å². The number of ether oxygens (including phenoxy) is 2. The molecule has 0 N–H and O–H groups in total. The third-order valence-electron chi connectivity index (χ3n) is 5.79. The van der Waals surface area contributed by atoms with Gasteiger partial charge in [-0.15, -0.1) is 0 Å². The summed E-state index contributed by atoms with van der Waals surface area (Å²) in [6.07, 6.45) is 2.68. The average molecular weight is 388 g/mol. The summed E-state index contributed by atoms with van der Waals surface area (Å²) in [6, 6.07) is 19.8. The van der Waals surface area contributed by atoms with Crippen LogP contribution in [0.25, 0.3) is 22.2 Å². The number of hydrogen-bond acceptors (Lipinski definition) is 4. The molecule has 2 fully saturated rings. The van der Waals surface area contributed by atoms with E-state index in [2.05, 4.69) is 0 Å². The van der Waals surface area contributed by atoms with Crippen molar-refractivity contribution in [2.24, 2.45) is 0 Å². The number of para-hydroxylation sites is 1. The highest BCUT2D eigenvalue weighted by Gasteiger charge is 2.37. The van der Waals surface area contributed by atoms with Crippen molar-refractivity contribution in [1.82, 2.24) is 9.88 Å². The van der Waals surface area contributed by atoms with Crippen molar-refractivity contribution in [2.75, 3.05) is 19.8 Å². The molecule has 2 aromatic carbocycles. The van der Waals surface area contributed by atoms with Crippen LogP contribution in [0.4, 0.5) is 0 Å². The van der Waals surface area contributed by atoms with Crippen LogP contribution < -0.4 is 0 Å². The molecule has 0 bridgehead atoms. The molecule has 2 aliphatic rings. The molecule has 0 radical (unpaired) electrons. The lowest BCUT2D eigenvalue weighted by Crippen LogP contribution is -2.50. The van der Waals surface area contributed by atoms with E-state index in [1.54, 1.807) is 0 Å². The Morgan fingerprint density at radius 1 is 0.966 bits per heavy atom. The molecule has 5 nitrogen and oxygen atoms in total. The molecule has 0 aliphatic carbocycles. The Balaban J connectivity index is 1.58. The average Bonchev–Trinajstić information content (AvgIpc) is 3.33. The number of pyridine rings is 1. The zero-order valence-corrected chi connectivity index (χ0v) is 16.3. The van der Waals surface area contributed by atoms with Crippen LogP contribution in [0.3, 0.4) is 0 Å². The number of carbonyl (C=O) groups is 1. The number of amides is 1. The number of piperidine rings is 1. The van der Waals surface area contributed by atoms with Gasteiger partial charge in [0.15, 0.2) is 6.29 Å². The maximum Gasteiger partial charge on any atom is 0.255 e. The first-order chi connectivity index (χ1) is 14.3. The molecule has 29 heavy (non-hydrogen) atoms. The fourth-order valence-corrected chi connectivity index (χ4v) is 4.36. The Bertz CT molecular complexity index is 1020. The molecule has 1 aromatic heterocycles. The van der Waals surface area contributed by atoms with Gasteiger partial charge >= 0.3 is 0 Å². The molecule has 2 aliphatic heterocycles. The summed E-state index contributed by atoms with van der Waals surface area (Å²) in [6.45, 7) is 1.92. The topological polar surface area (TPSA) is 51.7 Å². The van der Waals surface area contributed by atoms with Crippen LogP contribution >= 0.6 is 0 Å². The fraction of sp³-hybridized carbons (Fsp3) is 0.333. The molecule has 1 unspecified atom stereocenters. The van der Waals surface area contributed by atoms with Crippen LogP contribution in [0.15, 0.2) is 60.7 Å². The Hall–Kier alpha value is -2.76. The van der Waals surface area contributed by atoms with Gasteiger partial charge in [0, 0.05) is 17.5 Å². The first-order valence-corrected chi connectivity index (χ1v) is 10.3. The van der Waals surface area contributed by atoms with Gasteiger partial charge in [-0.1, -0.05) is 48.5 Å². The molecule has 148 valence electrons. The number of aromatic nitrogens is 1. The van der Waals surface area contributed by atoms with E-state index < -0.39 is 0 Å². The van der Waals surface area contributed by atoms with Crippen LogP contribution in [0.2, 0.25) is 0 Å². The predicted molar refractivity (Wildman–Crippen MR) is 112 cm³/mol. The smallest absolute Gasteiger partial charge is 0.255 e. The first kappa shape index (κ1) is 18.3. The lowest BCUT2D eigenvalue weighted by molar-refractivity contribution is -0.100. The van der Waals surface area contributed by atoms with E-state index in [9.17, 15) is 4.79 Å². The zero-order valence-electron chi connectivity index (χ0n) is 16.3. The molecule has 2 saturated heterocycles. The van der Waals surface area contributed by atoms with E-state index in [0.717, 1.165) is 48.0 Å². The molecule has 0 saturated carbocycles. The quantitative estimate of drug-likeness (QED) is 0.672. The second-order valence-electron chi connectivity index (χ2n) is 7.61. The second-order valence-corrected chi connectivity index (χ2v) is 7.61. The predicted octanol–water partition coefficient (Wildman–Crippen LogP) is 4.27. The minimum absolute atomic E-state index is 0.0320. The molecular formula is C24H24N2O3. The summed E-state index contributed by atoms with van der Waals surface area (Å²) >= 11 is 0. The van der Waals surface area contributed by atoms with Gasteiger partial charge in [-0.25, -0.2) is 4.98 Å². The first-order valence-electron chi connectivity index (χ1n) is 10.3. The molecule has 5 heteroatoms. The number of benzene rings is 2. The lowest BCUT2D eigenvalue weighted by Gasteiger charge is -2.38. The fourth-order valence-electron chi connectivity index (χ4n) is 4.36. The highest BCUT2D eigenvalue weighted by molar-refractivity contribution is 6.07. The number of rotatable bonds is 3. The minimum atomic E-state index is -0.319. The molecule has 3 heterocycles. The largest absolute Gasteiger partial charge is 0.348 e. The van der Waals surface area contributed by atoms with Gasteiger partial charge in [0.2, 0.25) is 0 Å². The van der Waals surface area contributed by atoms with Crippen LogP contribution in [0, 0.1) is 0 Å². The zero-order chi connectivity index (χ0) is 19.6. The lowest BCUT2D eigenvalue weighted by atomic mass is 9.98. The maximum atomic E-state index is 13.8. The van der Waals surface area contributed by atoms with E-state index in [1.165, 1.54) is 0 Å². The number of nitrogens with zero attached hydrogens (tertiary/aromatic N) is 2. The van der Waals surface area contributed by atoms with Crippen molar-refractivity contribution in [3.8, 4) is 11.3 Å². The van der Waals surface area contributed by atoms with E-state index >= 15 is 0 Å². The molecule has 3 aromatic rings. The van der Waals surface area contributed by atoms with Crippen LogP contribution in [-0.4, -0.2) is 47.9 Å². The van der Waals surface area contributed by atoms with E-state index in [0.29, 0.717) is 18.8 Å². The van der Waals surface area contributed by atoms with Crippen molar-refractivity contribution in [3.05, 3.63) is 66.2 Å². The maximum absolute atomic E-state index is 13.8. The molecular weight excluding hydrogens is 364 g/mol. The van der Waals surface area contributed by atoms with Gasteiger partial charge in [-0.2, -0.15) is 0 Å². The number of hydrogen-bond donors (Lipinski definition) is 0. The standard InChI is InChI=1S/C24H24N2O3/c27-23(26-13-7-6-12-22(26)24-28-14-15-29-24)19-16-21(17-8-2-1-3-9-17)25-20-11-5-4-10-18(19)20/h1-5,8-11,16,22,24H,6-7,12-15H2. The number of carbonyl (C=O) groups excluding carboxylic acids is 1. The third-order valence-corrected chi connectivity index (χ3v) is 5.79. The van der Waals surface area contributed by atoms with E-state index in [4.69, 9.17) is 14.5 Å². The highest BCUT2D eigenvalue weighted by Crippen LogP contribution is 2.30. The van der Waals surface area contributed by atoms with Gasteiger partial charge in [0.25, 0.3) is 5.91 Å². The Morgan fingerprint density at radius 3 is 2.55 bits per heavy atom. The normalized spacial score (nSPS) is 20.3. The summed E-state index contributed by atoms with van der Waals surface area (Å²) in [4.78, 5) is 20.5. The SMILES string of the molecule is O=C(c1cc(-c2ccccc2)nc2ccccc12)N1CCCCC1C1OCCO1. The van der Waals surface area contributed by atoms with Crippen LogP contribution in [0.5, 0.6) is 0 Å². The summed E-state index contributed by atoms with van der Waals surface area (Å²) in [5.74, 6) is 0.0320. The summed E-state index contributed by atoms with van der Waals surface area (Å²) in [5, 5.41) is 0.884. The Kier molecular flexibility index (Phi) is 5.00. The van der Waals surface area contributed by atoms with Crippen molar-refractivity contribution < 1.29 is 14.3 Å². The van der Waals surface area contributed by atoms with Gasteiger partial charge in [0.05, 0.1) is 36.0 Å². The summed E-state index contributed by atoms with van der Waals surface area (Å²) in [7, 11) is 0. The summed E-state index contributed by atoms with van der Waals surface area (Å²) < 4.78 is 11.5. The molecule has 1 atom stereocenters. The minimum Gasteiger partial charge on any atom is -0.348 e. The molecule has 5 rings (SSSR count). The van der Waals surface area contributed by atoms with Crippen molar-refractivity contribution in [2.45, 2.75) is 31.6 Å². The molecule has 0 spiro atoms. The van der Waals surface area contributed by atoms with Crippen molar-refractivity contribution in [1.29, 1.82) is 0 Å². The highest BCUT2D eigenvalue weighted by atomic mass is 16.7. The van der Waals surface area contributed by atoms with E-state index in [1.807, 2.05) is 65.6 Å². The number of likely N-dealkylation sites (tertiary alicyclic amines) is 1. The van der Waals surface area contributed by atoms with Crippen molar-refractivity contribution in [3.63, 3.8) is 0 Å². The van der Waals surface area contributed by atoms with Gasteiger partial charge in [-0.05, 0) is 31.4 Å². The second kappa shape index (κ2) is 7.93. The monoisotopic (exact) mass is 388 g/mol. The van der Waals surface area contributed by atoms with Gasteiger partial charge < -0.3 is 14.4 Å². The number of fused-ring (bicyclic) bond motifs is 1. The third kappa shape index (κ3) is 3.52. The van der Waals surface area contributed by atoms with E-state index in [-0.39, 0.29) is 18.2 Å². The van der Waals surface area contributed by atoms with Crippen LogP contribution in [-0.2, 0) is 9.47 Å². The molecule has 1 amide bonds. The Labute approximate surface area is 170 Å². The van der Waals surface area contributed by atoms with Gasteiger partial charge in [0.1, 0.15) is 0 Å².